The van der Waals surface area contributed by atoms with Gasteiger partial charge < -0.3 is 0 Å². The molecule has 0 amide bonds. The first-order chi connectivity index (χ1) is 2.63. The van der Waals surface area contributed by atoms with Crippen LogP contribution in [0.4, 0.5) is 13.2 Å². The number of rotatable bonds is 0. The molecular formula is C3H2F3. The molecule has 1 saturated carbocycles. The van der Waals surface area contributed by atoms with Gasteiger partial charge >= 0.3 is 0 Å². The molecule has 0 heterocycles. The molecule has 0 spiro atoms. The molecule has 0 bridgehead atoms. The van der Waals surface area contributed by atoms with Crippen molar-refractivity contribution in [3.05, 3.63) is 6.17 Å². The highest BCUT2D eigenvalue weighted by atomic mass is 19.3. The van der Waals surface area contributed by atoms with Crippen molar-refractivity contribution in [3.8, 4) is 0 Å². The molecule has 1 aliphatic rings. The molecule has 0 aromatic heterocycles. The van der Waals surface area contributed by atoms with Gasteiger partial charge in [-0.15, -0.1) is 0 Å². The second-order valence-electron chi connectivity index (χ2n) is 1.29. The maximum absolute atomic E-state index is 11.1. The lowest BCUT2D eigenvalue weighted by Gasteiger charge is -1.78. The molecule has 0 aromatic rings. The average molecular weight is 95.0 g/mol. The van der Waals surface area contributed by atoms with E-state index in [1.54, 1.807) is 0 Å². The van der Waals surface area contributed by atoms with Crippen molar-refractivity contribution in [2.75, 3.05) is 0 Å². The van der Waals surface area contributed by atoms with Crippen LogP contribution in [0, 0.1) is 6.17 Å². The first kappa shape index (κ1) is 3.96. The zero-order valence-corrected chi connectivity index (χ0v) is 2.84. The number of halogens is 3. The third-order valence-corrected chi connectivity index (χ3v) is 0.649. The van der Waals surface area contributed by atoms with Gasteiger partial charge in [-0.2, -0.15) is 0 Å². The minimum atomic E-state index is -3.04. The largest absolute Gasteiger partial charge is 0.288 e. The van der Waals surface area contributed by atoms with E-state index in [1.807, 2.05) is 0 Å². The summed E-state index contributed by atoms with van der Waals surface area (Å²) >= 11 is 0. The summed E-state index contributed by atoms with van der Waals surface area (Å²) in [5.74, 6) is -3.04. The van der Waals surface area contributed by atoms with Crippen LogP contribution in [0.3, 0.4) is 0 Å². The molecule has 0 unspecified atom stereocenters. The van der Waals surface area contributed by atoms with Gasteiger partial charge in [0.05, 0.1) is 6.42 Å². The van der Waals surface area contributed by atoms with Gasteiger partial charge in [0, 0.05) is 0 Å². The van der Waals surface area contributed by atoms with Crippen LogP contribution in [0.2, 0.25) is 0 Å². The Balaban J connectivity index is 2.41. The lowest BCUT2D eigenvalue weighted by Crippen LogP contribution is -1.84. The number of hydrogen-bond donors (Lipinski definition) is 0. The first-order valence-electron chi connectivity index (χ1n) is 1.52. The zero-order chi connectivity index (χ0) is 4.78. The Bertz CT molecular complexity index is 68.4. The Morgan fingerprint density at radius 2 is 1.67 bits per heavy atom. The van der Waals surface area contributed by atoms with E-state index in [0.29, 0.717) is 0 Å². The number of hydrogen-bond acceptors (Lipinski definition) is 0. The molecule has 0 saturated heterocycles. The molecule has 1 aliphatic carbocycles. The topological polar surface area (TPSA) is 0 Å². The molecule has 0 N–H and O–H groups in total. The summed E-state index contributed by atoms with van der Waals surface area (Å²) in [5.41, 5.74) is 0. The molecule has 0 atom stereocenters. The van der Waals surface area contributed by atoms with Crippen LogP contribution >= 0.6 is 0 Å². The third-order valence-electron chi connectivity index (χ3n) is 0.649. The summed E-state index contributed by atoms with van der Waals surface area (Å²) < 4.78 is 33.3. The molecule has 1 rings (SSSR count). The normalized spacial score (nSPS) is 30.5. The van der Waals surface area contributed by atoms with E-state index in [-0.39, 0.29) is 0 Å². The fourth-order valence-electron chi connectivity index (χ4n) is 0.151. The molecule has 1 radical (unpaired) electrons. The fourth-order valence-corrected chi connectivity index (χ4v) is 0.151. The highest BCUT2D eigenvalue weighted by Crippen LogP contribution is 2.51. The van der Waals surface area contributed by atoms with Crippen LogP contribution in [0.25, 0.3) is 0 Å². The van der Waals surface area contributed by atoms with E-state index in [0.717, 1.165) is 0 Å². The Labute approximate surface area is 33.0 Å². The third kappa shape index (κ3) is 0.382. The van der Waals surface area contributed by atoms with Crippen LogP contribution in [-0.4, -0.2) is 5.92 Å². The van der Waals surface area contributed by atoms with Gasteiger partial charge in [-0.25, -0.2) is 13.2 Å². The van der Waals surface area contributed by atoms with Crippen molar-refractivity contribution in [2.24, 2.45) is 0 Å². The molecule has 0 aliphatic heterocycles. The van der Waals surface area contributed by atoms with E-state index in [1.165, 1.54) is 0 Å². The van der Waals surface area contributed by atoms with Crippen molar-refractivity contribution in [2.45, 2.75) is 12.3 Å². The lowest BCUT2D eigenvalue weighted by atomic mass is 10.8. The molecule has 1 fully saturated rings. The van der Waals surface area contributed by atoms with Crippen molar-refractivity contribution < 1.29 is 13.2 Å². The predicted octanol–water partition coefficient (Wildman–Crippen LogP) is 1.53. The molecule has 3 heteroatoms. The predicted molar refractivity (Wildman–Crippen MR) is 13.9 cm³/mol. The Morgan fingerprint density at radius 1 is 1.50 bits per heavy atom. The maximum atomic E-state index is 11.1. The molecule has 0 nitrogen and oxygen atoms in total. The minimum absolute atomic E-state index is 0.646. The molecular weight excluding hydrogens is 93.0 g/mol. The van der Waals surface area contributed by atoms with Gasteiger partial charge in [0.15, 0.2) is 0 Å². The van der Waals surface area contributed by atoms with Crippen LogP contribution in [0.1, 0.15) is 6.42 Å². The second kappa shape index (κ2) is 0.718. The standard InChI is InChI=1S/C3H2F3/c4-2-1-3(2,5)6/h1H2. The highest BCUT2D eigenvalue weighted by Gasteiger charge is 2.60. The maximum Gasteiger partial charge on any atom is 0.288 e. The van der Waals surface area contributed by atoms with Crippen LogP contribution in [0.5, 0.6) is 0 Å². The van der Waals surface area contributed by atoms with Crippen molar-refractivity contribution in [1.82, 2.24) is 0 Å². The van der Waals surface area contributed by atoms with Crippen LogP contribution < -0.4 is 0 Å². The Hall–Kier alpha value is -0.210. The van der Waals surface area contributed by atoms with Crippen molar-refractivity contribution in [3.63, 3.8) is 0 Å². The fraction of sp³-hybridized carbons (Fsp3) is 0.667. The number of alkyl halides is 2. The monoisotopic (exact) mass is 95.0 g/mol. The Kier molecular flexibility index (Phi) is 0.474. The summed E-state index contributed by atoms with van der Waals surface area (Å²) in [6, 6.07) is 0. The highest BCUT2D eigenvalue weighted by molar-refractivity contribution is 5.13. The van der Waals surface area contributed by atoms with E-state index >= 15 is 0 Å². The summed E-state index contributed by atoms with van der Waals surface area (Å²) in [5, 5.41) is 0. The van der Waals surface area contributed by atoms with Gasteiger partial charge in [0.25, 0.3) is 5.92 Å². The lowest BCUT2D eigenvalue weighted by molar-refractivity contribution is 0.111. The van der Waals surface area contributed by atoms with Crippen molar-refractivity contribution in [1.29, 1.82) is 0 Å². The first-order valence-corrected chi connectivity index (χ1v) is 1.52. The van der Waals surface area contributed by atoms with Gasteiger partial charge in [-0.1, -0.05) is 0 Å². The van der Waals surface area contributed by atoms with Gasteiger partial charge in [-0.3, -0.25) is 0 Å². The molecule has 0 aromatic carbocycles. The second-order valence-corrected chi connectivity index (χ2v) is 1.29. The summed E-state index contributed by atoms with van der Waals surface area (Å²) in [6.07, 6.45) is -1.82. The van der Waals surface area contributed by atoms with Gasteiger partial charge in [0.2, 0.25) is 6.17 Å². The average Bonchev–Trinajstić information content (AvgIpc) is 1.73. The van der Waals surface area contributed by atoms with Crippen LogP contribution in [0.15, 0.2) is 0 Å². The molecule has 6 heavy (non-hydrogen) atoms. The van der Waals surface area contributed by atoms with E-state index in [2.05, 4.69) is 0 Å². The quantitative estimate of drug-likeness (QED) is 0.428. The van der Waals surface area contributed by atoms with Gasteiger partial charge in [0.1, 0.15) is 0 Å². The van der Waals surface area contributed by atoms with E-state index in [4.69, 9.17) is 0 Å². The smallest absolute Gasteiger partial charge is 0.233 e. The van der Waals surface area contributed by atoms with Gasteiger partial charge in [-0.05, 0) is 0 Å². The van der Waals surface area contributed by atoms with Crippen molar-refractivity contribution >= 4 is 0 Å². The zero-order valence-electron chi connectivity index (χ0n) is 2.84. The SMILES string of the molecule is F[C]1CC1(F)F. The van der Waals surface area contributed by atoms with Crippen LogP contribution in [-0.2, 0) is 0 Å². The summed E-state index contributed by atoms with van der Waals surface area (Å²) in [7, 11) is 0. The van der Waals surface area contributed by atoms with E-state index < -0.39 is 18.5 Å². The minimum Gasteiger partial charge on any atom is -0.233 e. The summed E-state index contributed by atoms with van der Waals surface area (Å²) in [4.78, 5) is 0. The Morgan fingerprint density at radius 3 is 1.67 bits per heavy atom. The summed E-state index contributed by atoms with van der Waals surface area (Å²) in [6.45, 7) is 0. The molecule has 35 valence electrons. The van der Waals surface area contributed by atoms with E-state index in [9.17, 15) is 13.2 Å².